The first-order chi connectivity index (χ1) is 13.3. The van der Waals surface area contributed by atoms with Crippen molar-refractivity contribution >= 4 is 11.8 Å². The van der Waals surface area contributed by atoms with E-state index in [1.165, 1.54) is 5.69 Å². The van der Waals surface area contributed by atoms with Crippen molar-refractivity contribution in [1.29, 1.82) is 0 Å². The van der Waals surface area contributed by atoms with Crippen LogP contribution in [0, 0.1) is 13.1 Å². The van der Waals surface area contributed by atoms with Crippen molar-refractivity contribution in [2.45, 2.75) is 26.4 Å². The third kappa shape index (κ3) is 4.81. The molecule has 0 saturated carbocycles. The average molecular weight is 371 g/mol. The molecule has 0 spiro atoms. The highest BCUT2D eigenvalue weighted by molar-refractivity contribution is 5.57. The average Bonchev–Trinajstić information content (AvgIpc) is 2.94. The van der Waals surface area contributed by atoms with E-state index in [0.29, 0.717) is 17.2 Å². The second-order valence-corrected chi connectivity index (χ2v) is 7.10. The predicted molar refractivity (Wildman–Crippen MR) is 116 cm³/mol. The highest BCUT2D eigenvalue weighted by Crippen LogP contribution is 2.41. The Labute approximate surface area is 168 Å². The van der Waals surface area contributed by atoms with E-state index in [2.05, 4.69) is 38.9 Å². The smallest absolute Gasteiger partial charge is 0.224 e. The summed E-state index contributed by atoms with van der Waals surface area (Å²) in [5.41, 5.74) is 3.28. The molecular weight excluding hydrogens is 346 g/mol. The minimum atomic E-state index is -0.629. The van der Waals surface area contributed by atoms with Crippen molar-refractivity contribution in [2.75, 3.05) is 19.0 Å². The minimum absolute atomic E-state index is 0.389. The van der Waals surface area contributed by atoms with Crippen LogP contribution in [0.3, 0.4) is 0 Å². The predicted octanol–water partition coefficient (Wildman–Crippen LogP) is 6.01. The van der Waals surface area contributed by atoms with Crippen LogP contribution >= 0.6 is 0 Å². The first kappa shape index (κ1) is 20.8. The van der Waals surface area contributed by atoms with E-state index >= 15 is 0 Å². The molecule has 1 aromatic rings. The molecular formula is C24H25N3O. The van der Waals surface area contributed by atoms with Gasteiger partial charge in [-0.05, 0) is 38.5 Å². The van der Waals surface area contributed by atoms with Gasteiger partial charge in [-0.25, -0.2) is 9.69 Å². The number of anilines is 1. The van der Waals surface area contributed by atoms with E-state index in [-0.39, 0.29) is 0 Å². The molecule has 4 heteroatoms. The van der Waals surface area contributed by atoms with Crippen LogP contribution in [0.4, 0.5) is 5.69 Å². The zero-order chi connectivity index (χ0) is 20.7. The van der Waals surface area contributed by atoms with Gasteiger partial charge >= 0.3 is 0 Å². The molecule has 0 saturated heterocycles. The van der Waals surface area contributed by atoms with Gasteiger partial charge in [0.1, 0.15) is 11.4 Å². The first-order valence-corrected chi connectivity index (χ1v) is 8.99. The highest BCUT2D eigenvalue weighted by atomic mass is 16.5. The zero-order valence-corrected chi connectivity index (χ0v) is 17.0. The van der Waals surface area contributed by atoms with Gasteiger partial charge in [-0.2, -0.15) is 0 Å². The Morgan fingerprint density at radius 3 is 2.14 bits per heavy atom. The molecule has 0 fully saturated rings. The fourth-order valence-electron chi connectivity index (χ4n) is 2.78. The van der Waals surface area contributed by atoms with Gasteiger partial charge in [0.05, 0.1) is 13.1 Å². The lowest BCUT2D eigenvalue weighted by molar-refractivity contribution is 0.0946. The second-order valence-electron chi connectivity index (χ2n) is 7.10. The molecule has 0 atom stereocenters. The van der Waals surface area contributed by atoms with Gasteiger partial charge in [-0.15, -0.1) is 0 Å². The Hall–Kier alpha value is -3.50. The molecule has 0 amide bonds. The van der Waals surface area contributed by atoms with Crippen LogP contribution in [0.15, 0.2) is 77.4 Å². The Morgan fingerprint density at radius 1 is 1.00 bits per heavy atom. The Balaban J connectivity index is 2.12. The van der Waals surface area contributed by atoms with Gasteiger partial charge in [-0.1, -0.05) is 48.6 Å². The van der Waals surface area contributed by atoms with Gasteiger partial charge in [0.2, 0.25) is 5.70 Å². The van der Waals surface area contributed by atoms with Crippen molar-refractivity contribution < 1.29 is 4.74 Å². The molecule has 0 aliphatic carbocycles. The van der Waals surface area contributed by atoms with Crippen LogP contribution in [-0.2, 0) is 4.74 Å². The van der Waals surface area contributed by atoms with Crippen LogP contribution in [-0.4, -0.2) is 19.7 Å². The van der Waals surface area contributed by atoms with Crippen LogP contribution < -0.4 is 4.90 Å². The molecule has 0 aromatic heterocycles. The standard InChI is InChI=1S/C24H25N3O/c1-18(25-4)23-22(26-5)21(24(2,3)28-23)13-11-9-8-10-12-19-14-16-20(17-15-19)27(6)7/h8-17H,1-3,6-7H3/b9-8+,12-10+,13-11+,23-18+. The number of rotatable bonds is 5. The molecule has 4 nitrogen and oxygen atoms in total. The molecule has 0 N–H and O–H groups in total. The maximum Gasteiger partial charge on any atom is 0.224 e. The highest BCUT2D eigenvalue weighted by Gasteiger charge is 2.37. The van der Waals surface area contributed by atoms with Gasteiger partial charge in [0.15, 0.2) is 5.70 Å². The van der Waals surface area contributed by atoms with Crippen molar-refractivity contribution in [3.63, 3.8) is 0 Å². The number of hydrogen-bond acceptors (Lipinski definition) is 2. The van der Waals surface area contributed by atoms with Crippen molar-refractivity contribution in [3.8, 4) is 0 Å². The topological polar surface area (TPSA) is 21.2 Å². The number of hydrogen-bond donors (Lipinski definition) is 0. The van der Waals surface area contributed by atoms with Gasteiger partial charge in [0.25, 0.3) is 0 Å². The summed E-state index contributed by atoms with van der Waals surface area (Å²) in [5.74, 6) is 0.389. The van der Waals surface area contributed by atoms with E-state index in [1.54, 1.807) is 6.92 Å². The molecule has 1 aliphatic heterocycles. The summed E-state index contributed by atoms with van der Waals surface area (Å²) in [7, 11) is 4.04. The summed E-state index contributed by atoms with van der Waals surface area (Å²) in [6.45, 7) is 20.1. The van der Waals surface area contributed by atoms with Crippen LogP contribution in [0.25, 0.3) is 15.8 Å². The van der Waals surface area contributed by atoms with Gasteiger partial charge in [-0.3, -0.25) is 0 Å². The first-order valence-electron chi connectivity index (χ1n) is 8.99. The van der Waals surface area contributed by atoms with Crippen LogP contribution in [0.2, 0.25) is 0 Å². The molecule has 28 heavy (non-hydrogen) atoms. The molecule has 142 valence electrons. The lowest BCUT2D eigenvalue weighted by Gasteiger charge is -2.22. The van der Waals surface area contributed by atoms with E-state index in [0.717, 1.165) is 11.1 Å². The summed E-state index contributed by atoms with van der Waals surface area (Å²) < 4.78 is 5.87. The number of benzene rings is 1. The fraction of sp³-hybridized carbons (Fsp3) is 0.250. The van der Waals surface area contributed by atoms with Gasteiger partial charge < -0.3 is 9.64 Å². The summed E-state index contributed by atoms with van der Waals surface area (Å²) in [6.07, 6.45) is 11.6. The Bertz CT molecular complexity index is 957. The van der Waals surface area contributed by atoms with Crippen molar-refractivity contribution in [3.05, 3.63) is 106 Å². The zero-order valence-electron chi connectivity index (χ0n) is 17.0. The van der Waals surface area contributed by atoms with E-state index in [1.807, 2.05) is 64.4 Å². The maximum absolute atomic E-state index is 7.47. The number of allylic oxidation sites excluding steroid dienone is 5. The van der Waals surface area contributed by atoms with Gasteiger partial charge in [0, 0.05) is 25.4 Å². The largest absolute Gasteiger partial charge is 0.507 e. The third-order valence-corrected chi connectivity index (χ3v) is 4.38. The number of nitrogens with zero attached hydrogens (tertiary/aromatic N) is 3. The third-order valence-electron chi connectivity index (χ3n) is 4.38. The van der Waals surface area contributed by atoms with Crippen molar-refractivity contribution in [2.24, 2.45) is 0 Å². The minimum Gasteiger partial charge on any atom is -0.507 e. The SMILES string of the molecule is [C-]#[N+]C1=C(/C=C/C=C/C=C/c2ccc(N(C)C)cc2)C(C)(C)O/C1=C(\C)[N+]#[C-]. The Kier molecular flexibility index (Phi) is 6.64. The monoisotopic (exact) mass is 371 g/mol. The van der Waals surface area contributed by atoms with Crippen molar-refractivity contribution in [1.82, 2.24) is 0 Å². The molecule has 0 bridgehead atoms. The van der Waals surface area contributed by atoms with E-state index in [9.17, 15) is 0 Å². The molecule has 1 heterocycles. The fourth-order valence-corrected chi connectivity index (χ4v) is 2.78. The lowest BCUT2D eigenvalue weighted by Crippen LogP contribution is -2.20. The second kappa shape index (κ2) is 8.93. The normalized spacial score (nSPS) is 17.8. The summed E-state index contributed by atoms with van der Waals surface area (Å²) in [5, 5.41) is 0. The quantitative estimate of drug-likeness (QED) is 0.467. The molecule has 1 aliphatic rings. The molecule has 1 aromatic carbocycles. The summed E-state index contributed by atoms with van der Waals surface area (Å²) >= 11 is 0. The van der Waals surface area contributed by atoms with Crippen LogP contribution in [0.1, 0.15) is 26.3 Å². The molecule has 2 rings (SSSR count). The molecule has 0 radical (unpaired) electrons. The number of ether oxygens (including phenoxy) is 1. The summed E-state index contributed by atoms with van der Waals surface area (Å²) in [4.78, 5) is 9.08. The molecule has 0 unspecified atom stereocenters. The Morgan fingerprint density at radius 2 is 1.61 bits per heavy atom. The van der Waals surface area contributed by atoms with E-state index < -0.39 is 5.60 Å². The lowest BCUT2D eigenvalue weighted by atomic mass is 9.97. The van der Waals surface area contributed by atoms with E-state index in [4.69, 9.17) is 17.9 Å². The summed E-state index contributed by atoms with van der Waals surface area (Å²) in [6, 6.07) is 8.32. The maximum atomic E-state index is 7.47. The van der Waals surface area contributed by atoms with Crippen LogP contribution in [0.5, 0.6) is 0 Å².